The zero-order valence-electron chi connectivity index (χ0n) is 8.82. The minimum atomic E-state index is -0.392. The smallest absolute Gasteiger partial charge is 0.107 e. The third-order valence-electron chi connectivity index (χ3n) is 2.41. The second-order valence-corrected chi connectivity index (χ2v) is 5.18. The van der Waals surface area contributed by atoms with Crippen LogP contribution in [-0.2, 0) is 0 Å². The summed E-state index contributed by atoms with van der Waals surface area (Å²) in [4.78, 5) is 1.95. The second-order valence-electron chi connectivity index (χ2n) is 5.18. The van der Waals surface area contributed by atoms with Gasteiger partial charge in [-0.3, -0.25) is 4.90 Å². The molecule has 78 valence electrons. The molecule has 0 saturated carbocycles. The van der Waals surface area contributed by atoms with Crippen molar-refractivity contribution in [2.75, 3.05) is 13.1 Å². The average molecular weight is 187 g/mol. The van der Waals surface area contributed by atoms with Gasteiger partial charge >= 0.3 is 0 Å². The van der Waals surface area contributed by atoms with Gasteiger partial charge in [-0.1, -0.05) is 20.8 Å². The van der Waals surface area contributed by atoms with Crippen LogP contribution in [-0.4, -0.2) is 40.5 Å². The van der Waals surface area contributed by atoms with Gasteiger partial charge in [0.05, 0.1) is 6.10 Å². The molecule has 1 heterocycles. The maximum Gasteiger partial charge on any atom is 0.107 e. The Kier molecular flexibility index (Phi) is 3.33. The van der Waals surface area contributed by atoms with Gasteiger partial charge in [-0.2, -0.15) is 0 Å². The minimum absolute atomic E-state index is 0.146. The van der Waals surface area contributed by atoms with Crippen molar-refractivity contribution in [2.45, 2.75) is 45.9 Å². The van der Waals surface area contributed by atoms with Crippen molar-refractivity contribution in [3.63, 3.8) is 0 Å². The Hall–Kier alpha value is -0.120. The van der Waals surface area contributed by atoms with Gasteiger partial charge in [-0.15, -0.1) is 0 Å². The molecule has 1 saturated heterocycles. The number of likely N-dealkylation sites (tertiary alicyclic amines) is 1. The largest absolute Gasteiger partial charge is 0.392 e. The van der Waals surface area contributed by atoms with Gasteiger partial charge in [0.25, 0.3) is 0 Å². The van der Waals surface area contributed by atoms with E-state index in [0.29, 0.717) is 6.54 Å². The minimum Gasteiger partial charge on any atom is -0.392 e. The first-order valence-corrected chi connectivity index (χ1v) is 4.99. The Morgan fingerprint density at radius 3 is 2.46 bits per heavy atom. The molecular formula is C10H21NO2. The van der Waals surface area contributed by atoms with E-state index in [-0.39, 0.29) is 11.5 Å². The third kappa shape index (κ3) is 3.63. The number of aliphatic hydroxyl groups is 2. The molecule has 0 aliphatic carbocycles. The Morgan fingerprint density at radius 2 is 2.08 bits per heavy atom. The third-order valence-corrected chi connectivity index (χ3v) is 2.41. The Labute approximate surface area is 80.4 Å². The molecule has 0 radical (unpaired) electrons. The van der Waals surface area contributed by atoms with Crippen molar-refractivity contribution in [2.24, 2.45) is 5.41 Å². The van der Waals surface area contributed by atoms with Crippen LogP contribution < -0.4 is 0 Å². The summed E-state index contributed by atoms with van der Waals surface area (Å²) >= 11 is 0. The van der Waals surface area contributed by atoms with Crippen LogP contribution in [0.4, 0.5) is 0 Å². The van der Waals surface area contributed by atoms with Crippen LogP contribution in [0, 0.1) is 5.41 Å². The summed E-state index contributed by atoms with van der Waals surface area (Å²) in [7, 11) is 0. The molecule has 1 unspecified atom stereocenters. The van der Waals surface area contributed by atoms with E-state index < -0.39 is 6.23 Å². The van der Waals surface area contributed by atoms with Crippen LogP contribution >= 0.6 is 0 Å². The molecule has 0 aromatic rings. The molecule has 0 aromatic heterocycles. The van der Waals surface area contributed by atoms with E-state index in [4.69, 9.17) is 0 Å². The first-order chi connectivity index (χ1) is 5.88. The zero-order chi connectivity index (χ0) is 10.1. The molecule has 1 aliphatic heterocycles. The monoisotopic (exact) mass is 187 g/mol. The van der Waals surface area contributed by atoms with Crippen molar-refractivity contribution < 1.29 is 10.2 Å². The summed E-state index contributed by atoms with van der Waals surface area (Å²) in [6, 6.07) is 0. The quantitative estimate of drug-likeness (QED) is 0.672. The first-order valence-electron chi connectivity index (χ1n) is 4.99. The highest BCUT2D eigenvalue weighted by Gasteiger charge is 2.28. The van der Waals surface area contributed by atoms with Crippen LogP contribution in [0.2, 0.25) is 0 Å². The predicted molar refractivity (Wildman–Crippen MR) is 52.3 cm³/mol. The SMILES string of the molecule is CC(C)(C)CC(O)N1CC[C@@H](O)C1. The van der Waals surface area contributed by atoms with Crippen molar-refractivity contribution >= 4 is 0 Å². The fourth-order valence-electron chi connectivity index (χ4n) is 1.72. The van der Waals surface area contributed by atoms with Gasteiger partial charge in [0.1, 0.15) is 6.23 Å². The summed E-state index contributed by atoms with van der Waals surface area (Å²) < 4.78 is 0. The van der Waals surface area contributed by atoms with Gasteiger partial charge in [-0.25, -0.2) is 0 Å². The molecule has 0 aromatic carbocycles. The molecule has 0 spiro atoms. The molecule has 1 rings (SSSR count). The summed E-state index contributed by atoms with van der Waals surface area (Å²) in [5.74, 6) is 0. The molecule has 3 nitrogen and oxygen atoms in total. The van der Waals surface area contributed by atoms with E-state index in [1.54, 1.807) is 0 Å². The average Bonchev–Trinajstić information content (AvgIpc) is 2.31. The summed E-state index contributed by atoms with van der Waals surface area (Å²) in [6.45, 7) is 7.78. The predicted octanol–water partition coefficient (Wildman–Crippen LogP) is 0.808. The van der Waals surface area contributed by atoms with Crippen LogP contribution in [0.5, 0.6) is 0 Å². The van der Waals surface area contributed by atoms with E-state index in [2.05, 4.69) is 20.8 Å². The fraction of sp³-hybridized carbons (Fsp3) is 1.00. The van der Waals surface area contributed by atoms with Gasteiger partial charge in [0.15, 0.2) is 0 Å². The molecule has 0 amide bonds. The van der Waals surface area contributed by atoms with Gasteiger partial charge < -0.3 is 10.2 Å². The Morgan fingerprint density at radius 1 is 1.46 bits per heavy atom. The maximum atomic E-state index is 9.82. The van der Waals surface area contributed by atoms with E-state index in [1.165, 1.54) is 0 Å². The van der Waals surface area contributed by atoms with E-state index in [9.17, 15) is 10.2 Å². The normalized spacial score (nSPS) is 27.9. The molecule has 0 bridgehead atoms. The van der Waals surface area contributed by atoms with Gasteiger partial charge in [0.2, 0.25) is 0 Å². The van der Waals surface area contributed by atoms with Gasteiger partial charge in [-0.05, 0) is 18.3 Å². The lowest BCUT2D eigenvalue weighted by Crippen LogP contribution is -2.36. The molecule has 1 fully saturated rings. The summed E-state index contributed by atoms with van der Waals surface area (Å²) in [5.41, 5.74) is 0.146. The number of nitrogens with zero attached hydrogens (tertiary/aromatic N) is 1. The lowest BCUT2D eigenvalue weighted by atomic mass is 9.91. The molecule has 3 heteroatoms. The standard InChI is InChI=1S/C10H21NO2/c1-10(2,3)6-9(13)11-5-4-8(12)7-11/h8-9,12-13H,4-7H2,1-3H3/t8-,9?/m1/s1. The highest BCUT2D eigenvalue weighted by atomic mass is 16.3. The van der Waals surface area contributed by atoms with Crippen LogP contribution in [0.15, 0.2) is 0 Å². The van der Waals surface area contributed by atoms with Crippen LogP contribution in [0.1, 0.15) is 33.6 Å². The Balaban J connectivity index is 2.36. The summed E-state index contributed by atoms with van der Waals surface area (Å²) in [5, 5.41) is 19.1. The van der Waals surface area contributed by atoms with Crippen LogP contribution in [0.3, 0.4) is 0 Å². The number of rotatable bonds is 2. The number of hydrogen-bond acceptors (Lipinski definition) is 3. The molecule has 1 aliphatic rings. The maximum absolute atomic E-state index is 9.82. The lowest BCUT2D eigenvalue weighted by Gasteiger charge is -2.28. The molecular weight excluding hydrogens is 166 g/mol. The Bertz CT molecular complexity index is 165. The number of β-amino-alcohol motifs (C(OH)–C–C–N with tert-alkyl or cyclic N) is 1. The molecule has 2 atom stereocenters. The molecule has 13 heavy (non-hydrogen) atoms. The van der Waals surface area contributed by atoms with Crippen molar-refractivity contribution in [1.82, 2.24) is 4.90 Å². The fourth-order valence-corrected chi connectivity index (χ4v) is 1.72. The summed E-state index contributed by atoms with van der Waals surface area (Å²) in [6.07, 6.45) is 0.924. The van der Waals surface area contributed by atoms with Crippen LogP contribution in [0.25, 0.3) is 0 Å². The first kappa shape index (κ1) is 11.0. The lowest BCUT2D eigenvalue weighted by molar-refractivity contribution is -0.0156. The zero-order valence-corrected chi connectivity index (χ0v) is 8.82. The number of hydrogen-bond donors (Lipinski definition) is 2. The second kappa shape index (κ2) is 3.95. The number of aliphatic hydroxyl groups excluding tert-OH is 2. The highest BCUT2D eigenvalue weighted by molar-refractivity contribution is 4.78. The van der Waals surface area contributed by atoms with Gasteiger partial charge in [0, 0.05) is 13.1 Å². The van der Waals surface area contributed by atoms with Crippen molar-refractivity contribution in [3.05, 3.63) is 0 Å². The molecule has 2 N–H and O–H groups in total. The van der Waals surface area contributed by atoms with E-state index >= 15 is 0 Å². The van der Waals surface area contributed by atoms with Crippen molar-refractivity contribution in [3.8, 4) is 0 Å². The van der Waals surface area contributed by atoms with E-state index in [0.717, 1.165) is 19.4 Å². The topological polar surface area (TPSA) is 43.7 Å². The van der Waals surface area contributed by atoms with Crippen molar-refractivity contribution in [1.29, 1.82) is 0 Å². The highest BCUT2D eigenvalue weighted by Crippen LogP contribution is 2.24. The van der Waals surface area contributed by atoms with E-state index in [1.807, 2.05) is 4.90 Å².